The average Bonchev–Trinajstić information content (AvgIpc) is 3.13. The molecule has 5 nitrogen and oxygen atoms in total. The monoisotopic (exact) mass is 284 g/mol. The van der Waals surface area contributed by atoms with Crippen LogP contribution in [-0.4, -0.2) is 26.0 Å². The van der Waals surface area contributed by atoms with Crippen molar-refractivity contribution in [2.45, 2.75) is 37.2 Å². The van der Waals surface area contributed by atoms with Crippen LogP contribution in [0, 0.1) is 0 Å². The second-order valence-corrected chi connectivity index (χ2v) is 7.47. The Morgan fingerprint density at radius 1 is 1.42 bits per heavy atom. The molecule has 0 saturated heterocycles. The van der Waals surface area contributed by atoms with Crippen molar-refractivity contribution in [2.24, 2.45) is 5.84 Å². The highest BCUT2D eigenvalue weighted by atomic mass is 32.2. The number of rotatable bonds is 6. The third kappa shape index (κ3) is 3.68. The molecule has 0 radical (unpaired) electrons. The summed E-state index contributed by atoms with van der Waals surface area (Å²) in [6.07, 6.45) is 3.70. The highest BCUT2D eigenvalue weighted by Crippen LogP contribution is 2.29. The lowest BCUT2D eigenvalue weighted by Crippen LogP contribution is -2.38. The zero-order chi connectivity index (χ0) is 14.0. The van der Waals surface area contributed by atoms with Crippen LogP contribution in [0.2, 0.25) is 0 Å². The number of sulfone groups is 1. The van der Waals surface area contributed by atoms with Crippen molar-refractivity contribution < 1.29 is 13.2 Å². The Hall–Kier alpha value is -1.11. The van der Waals surface area contributed by atoms with Crippen molar-refractivity contribution in [3.05, 3.63) is 29.8 Å². The van der Waals surface area contributed by atoms with Gasteiger partial charge in [0, 0.05) is 6.26 Å². The number of ether oxygens (including phenoxy) is 1. The number of hydrogen-bond donors (Lipinski definition) is 2. The van der Waals surface area contributed by atoms with Gasteiger partial charge in [-0.2, -0.15) is 0 Å². The molecule has 1 saturated carbocycles. The topological polar surface area (TPSA) is 81.4 Å². The van der Waals surface area contributed by atoms with Crippen molar-refractivity contribution in [1.29, 1.82) is 0 Å². The van der Waals surface area contributed by atoms with E-state index in [9.17, 15) is 8.42 Å². The molecule has 2 atom stereocenters. The summed E-state index contributed by atoms with van der Waals surface area (Å²) in [4.78, 5) is 0. The van der Waals surface area contributed by atoms with Gasteiger partial charge in [-0.1, -0.05) is 12.1 Å². The molecule has 1 fully saturated rings. The number of nitrogens with two attached hydrogens (primary N) is 1. The number of nitrogens with one attached hydrogen (secondary N) is 1. The van der Waals surface area contributed by atoms with Crippen LogP contribution >= 0.6 is 0 Å². The van der Waals surface area contributed by atoms with Gasteiger partial charge < -0.3 is 4.74 Å². The van der Waals surface area contributed by atoms with Crippen LogP contribution in [0.3, 0.4) is 0 Å². The molecule has 1 aromatic carbocycles. The zero-order valence-corrected chi connectivity index (χ0v) is 12.0. The lowest BCUT2D eigenvalue weighted by Gasteiger charge is -2.22. The predicted octanol–water partition coefficient (Wildman–Crippen LogP) is 1.17. The summed E-state index contributed by atoms with van der Waals surface area (Å²) >= 11 is 0. The molecule has 106 valence electrons. The summed E-state index contributed by atoms with van der Waals surface area (Å²) < 4.78 is 29.0. The van der Waals surface area contributed by atoms with Crippen LogP contribution in [-0.2, 0) is 9.84 Å². The molecule has 1 aliphatic carbocycles. The van der Waals surface area contributed by atoms with Gasteiger partial charge in [0.2, 0.25) is 0 Å². The maximum absolute atomic E-state index is 11.7. The molecule has 1 aromatic rings. The number of benzene rings is 1. The second-order valence-electron chi connectivity index (χ2n) is 5.07. The minimum Gasteiger partial charge on any atom is -0.490 e. The normalized spacial score (nSPS) is 18.9. The lowest BCUT2D eigenvalue weighted by atomic mass is 10.0. The van der Waals surface area contributed by atoms with E-state index < -0.39 is 21.1 Å². The Morgan fingerprint density at radius 2 is 2.11 bits per heavy atom. The molecule has 19 heavy (non-hydrogen) atoms. The first-order chi connectivity index (χ1) is 8.91. The Kier molecular flexibility index (Phi) is 4.13. The van der Waals surface area contributed by atoms with Crippen molar-refractivity contribution in [1.82, 2.24) is 5.43 Å². The molecule has 2 unspecified atom stereocenters. The van der Waals surface area contributed by atoms with E-state index in [0.717, 1.165) is 24.2 Å². The quantitative estimate of drug-likeness (QED) is 0.605. The van der Waals surface area contributed by atoms with Crippen LogP contribution in [0.1, 0.15) is 31.4 Å². The van der Waals surface area contributed by atoms with Gasteiger partial charge in [0.05, 0.1) is 17.4 Å². The van der Waals surface area contributed by atoms with Gasteiger partial charge in [-0.05, 0) is 37.5 Å². The highest BCUT2D eigenvalue weighted by molar-refractivity contribution is 7.91. The van der Waals surface area contributed by atoms with Gasteiger partial charge in [0.15, 0.2) is 9.84 Å². The minimum absolute atomic E-state index is 0.312. The first-order valence-electron chi connectivity index (χ1n) is 6.33. The molecule has 0 heterocycles. The molecule has 0 bridgehead atoms. The van der Waals surface area contributed by atoms with Gasteiger partial charge >= 0.3 is 0 Å². The molecular formula is C13H20N2O3S. The average molecular weight is 284 g/mol. The number of hydrogen-bond acceptors (Lipinski definition) is 5. The van der Waals surface area contributed by atoms with E-state index in [4.69, 9.17) is 10.6 Å². The van der Waals surface area contributed by atoms with Crippen molar-refractivity contribution in [3.8, 4) is 5.75 Å². The van der Waals surface area contributed by atoms with E-state index in [-0.39, 0.29) is 0 Å². The fraction of sp³-hybridized carbons (Fsp3) is 0.538. The predicted molar refractivity (Wildman–Crippen MR) is 74.5 cm³/mol. The minimum atomic E-state index is -3.17. The van der Waals surface area contributed by atoms with E-state index in [1.165, 1.54) is 6.26 Å². The maximum Gasteiger partial charge on any atom is 0.151 e. The summed E-state index contributed by atoms with van der Waals surface area (Å²) in [6.45, 7) is 1.65. The third-order valence-electron chi connectivity index (χ3n) is 3.37. The van der Waals surface area contributed by atoms with Gasteiger partial charge in [-0.25, -0.2) is 8.42 Å². The summed E-state index contributed by atoms with van der Waals surface area (Å²) in [5.41, 5.74) is 3.40. The van der Waals surface area contributed by atoms with Gasteiger partial charge in [-0.15, -0.1) is 0 Å². The van der Waals surface area contributed by atoms with Gasteiger partial charge in [0.1, 0.15) is 5.75 Å². The Balaban J connectivity index is 2.22. The van der Waals surface area contributed by atoms with E-state index in [1.54, 1.807) is 6.92 Å². The van der Waals surface area contributed by atoms with Crippen molar-refractivity contribution in [2.75, 3.05) is 6.26 Å². The van der Waals surface area contributed by atoms with E-state index in [2.05, 4.69) is 5.43 Å². The van der Waals surface area contributed by atoms with Crippen LogP contribution in [0.5, 0.6) is 5.75 Å². The molecule has 0 aliphatic heterocycles. The van der Waals surface area contributed by atoms with Crippen molar-refractivity contribution >= 4 is 9.84 Å². The first kappa shape index (κ1) is 14.3. The highest BCUT2D eigenvalue weighted by Gasteiger charge is 2.27. The van der Waals surface area contributed by atoms with E-state index >= 15 is 0 Å². The van der Waals surface area contributed by atoms with Gasteiger partial charge in [0.25, 0.3) is 0 Å². The van der Waals surface area contributed by atoms with E-state index in [0.29, 0.717) is 6.10 Å². The summed E-state index contributed by atoms with van der Waals surface area (Å²) in [7, 11) is -3.17. The van der Waals surface area contributed by atoms with Gasteiger partial charge in [-0.3, -0.25) is 11.3 Å². The number of hydrazine groups is 1. The Labute approximate surface area is 114 Å². The SMILES string of the molecule is CC(C(NN)c1cccc(OC2CC2)c1)S(C)(=O)=O. The van der Waals surface area contributed by atoms with E-state index in [1.807, 2.05) is 24.3 Å². The summed E-state index contributed by atoms with van der Waals surface area (Å²) in [5.74, 6) is 6.28. The molecule has 3 N–H and O–H groups in total. The maximum atomic E-state index is 11.7. The zero-order valence-electron chi connectivity index (χ0n) is 11.2. The van der Waals surface area contributed by atoms with Crippen LogP contribution in [0.15, 0.2) is 24.3 Å². The van der Waals surface area contributed by atoms with Crippen LogP contribution in [0.25, 0.3) is 0 Å². The summed E-state index contributed by atoms with van der Waals surface area (Å²) in [5, 5.41) is -0.603. The molecule has 6 heteroatoms. The molecule has 0 amide bonds. The first-order valence-corrected chi connectivity index (χ1v) is 8.29. The standard InChI is InChI=1S/C13H20N2O3S/c1-9(19(2,16)17)13(15-14)10-4-3-5-12(8-10)18-11-6-7-11/h3-5,8-9,11,13,15H,6-7,14H2,1-2H3. The van der Waals surface area contributed by atoms with Crippen LogP contribution in [0.4, 0.5) is 0 Å². The Bertz CT molecular complexity index is 541. The molecule has 0 spiro atoms. The smallest absolute Gasteiger partial charge is 0.151 e. The molecular weight excluding hydrogens is 264 g/mol. The fourth-order valence-corrected chi connectivity index (χ4v) is 2.64. The second kappa shape index (κ2) is 5.48. The molecule has 1 aliphatic rings. The molecule has 0 aromatic heterocycles. The fourth-order valence-electron chi connectivity index (χ4n) is 1.91. The largest absolute Gasteiger partial charge is 0.490 e. The lowest BCUT2D eigenvalue weighted by molar-refractivity contribution is 0.302. The summed E-state index contributed by atoms with van der Waals surface area (Å²) in [6, 6.07) is 6.99. The third-order valence-corrected chi connectivity index (χ3v) is 4.99. The van der Waals surface area contributed by atoms with Crippen LogP contribution < -0.4 is 16.0 Å². The Morgan fingerprint density at radius 3 is 2.63 bits per heavy atom. The van der Waals surface area contributed by atoms with Crippen molar-refractivity contribution in [3.63, 3.8) is 0 Å². The molecule has 2 rings (SSSR count).